The van der Waals surface area contributed by atoms with E-state index in [1.54, 1.807) is 22.8 Å². The first-order valence-corrected chi connectivity index (χ1v) is 8.06. The molecule has 2 heterocycles. The van der Waals surface area contributed by atoms with Crippen LogP contribution in [0.15, 0.2) is 17.5 Å². The summed E-state index contributed by atoms with van der Waals surface area (Å²) in [5.74, 6) is 0.0843. The van der Waals surface area contributed by atoms with Crippen molar-refractivity contribution in [2.45, 2.75) is 26.2 Å². The molecule has 0 bridgehead atoms. The number of Topliss-reactive ketones (excluding diaryl/α,β-unsaturated/α-hetero) is 1. The standard InChI is InChI=1S/C15H20N2O3S/c1-12(18)16-7-3-8-17(10-9-16)15(20)6-5-13(19)14-4-2-11-21-14/h2,4,11H,3,5-10H2,1H3. The Morgan fingerprint density at radius 3 is 2.48 bits per heavy atom. The molecule has 21 heavy (non-hydrogen) atoms. The SMILES string of the molecule is CC(=O)N1CCCN(C(=O)CCC(=O)c2cccs2)CC1. The van der Waals surface area contributed by atoms with Crippen LogP contribution in [0.2, 0.25) is 0 Å². The molecule has 0 N–H and O–H groups in total. The van der Waals surface area contributed by atoms with Crippen molar-refractivity contribution in [2.24, 2.45) is 0 Å². The zero-order valence-corrected chi connectivity index (χ0v) is 13.0. The third kappa shape index (κ3) is 4.39. The number of carbonyl (C=O) groups is 3. The molecular formula is C15H20N2O3S. The summed E-state index contributed by atoms with van der Waals surface area (Å²) in [5.41, 5.74) is 0. The molecule has 114 valence electrons. The van der Waals surface area contributed by atoms with Gasteiger partial charge in [0.2, 0.25) is 11.8 Å². The van der Waals surface area contributed by atoms with Crippen LogP contribution in [0.5, 0.6) is 0 Å². The molecule has 0 atom stereocenters. The van der Waals surface area contributed by atoms with Gasteiger partial charge in [0.25, 0.3) is 0 Å². The largest absolute Gasteiger partial charge is 0.341 e. The Morgan fingerprint density at radius 2 is 1.81 bits per heavy atom. The fourth-order valence-corrected chi connectivity index (χ4v) is 3.12. The zero-order valence-electron chi connectivity index (χ0n) is 12.2. The summed E-state index contributed by atoms with van der Waals surface area (Å²) in [5, 5.41) is 1.86. The Balaban J connectivity index is 1.80. The van der Waals surface area contributed by atoms with Crippen LogP contribution in [0.3, 0.4) is 0 Å². The van der Waals surface area contributed by atoms with Crippen molar-refractivity contribution < 1.29 is 14.4 Å². The number of thiophene rings is 1. The maximum atomic E-state index is 12.2. The van der Waals surface area contributed by atoms with Crippen molar-refractivity contribution in [2.75, 3.05) is 26.2 Å². The minimum atomic E-state index is 0.00491. The number of hydrogen-bond donors (Lipinski definition) is 0. The van der Waals surface area contributed by atoms with Crippen LogP contribution in [0.1, 0.15) is 35.9 Å². The summed E-state index contributed by atoms with van der Waals surface area (Å²) in [6.07, 6.45) is 1.30. The highest BCUT2D eigenvalue weighted by atomic mass is 32.1. The third-order valence-electron chi connectivity index (χ3n) is 3.66. The van der Waals surface area contributed by atoms with Crippen molar-refractivity contribution in [3.05, 3.63) is 22.4 Å². The Hall–Kier alpha value is -1.69. The number of hydrogen-bond acceptors (Lipinski definition) is 4. The summed E-state index contributed by atoms with van der Waals surface area (Å²) in [6.45, 7) is 4.06. The lowest BCUT2D eigenvalue weighted by Gasteiger charge is -2.21. The highest BCUT2D eigenvalue weighted by Gasteiger charge is 2.20. The summed E-state index contributed by atoms with van der Waals surface area (Å²) >= 11 is 1.41. The van der Waals surface area contributed by atoms with Gasteiger partial charge < -0.3 is 9.80 Å². The van der Waals surface area contributed by atoms with E-state index >= 15 is 0 Å². The monoisotopic (exact) mass is 308 g/mol. The molecule has 2 rings (SSSR count). The molecule has 1 fully saturated rings. The molecule has 0 aromatic carbocycles. The minimum absolute atomic E-state index is 0.00491. The van der Waals surface area contributed by atoms with Gasteiger partial charge in [-0.3, -0.25) is 14.4 Å². The quantitative estimate of drug-likeness (QED) is 0.797. The highest BCUT2D eigenvalue weighted by molar-refractivity contribution is 7.12. The first kappa shape index (κ1) is 15.7. The molecule has 5 nitrogen and oxygen atoms in total. The van der Waals surface area contributed by atoms with Crippen LogP contribution in [0.25, 0.3) is 0 Å². The summed E-state index contributed by atoms with van der Waals surface area (Å²) in [4.78, 5) is 39.7. The van der Waals surface area contributed by atoms with Crippen molar-refractivity contribution in [1.82, 2.24) is 9.80 Å². The fraction of sp³-hybridized carbons (Fsp3) is 0.533. The Labute approximate surface area is 128 Å². The van der Waals surface area contributed by atoms with Gasteiger partial charge >= 0.3 is 0 Å². The molecule has 0 saturated carbocycles. The van der Waals surface area contributed by atoms with E-state index < -0.39 is 0 Å². The highest BCUT2D eigenvalue weighted by Crippen LogP contribution is 2.13. The number of nitrogens with zero attached hydrogens (tertiary/aromatic N) is 2. The lowest BCUT2D eigenvalue weighted by atomic mass is 10.2. The van der Waals surface area contributed by atoms with Crippen molar-refractivity contribution in [1.29, 1.82) is 0 Å². The van der Waals surface area contributed by atoms with Gasteiger partial charge in [-0.25, -0.2) is 0 Å². The predicted octanol–water partition coefficient (Wildman–Crippen LogP) is 1.79. The maximum Gasteiger partial charge on any atom is 0.223 e. The molecule has 1 aromatic rings. The Kier molecular flexibility index (Phi) is 5.50. The van der Waals surface area contributed by atoms with Gasteiger partial charge in [-0.15, -0.1) is 11.3 Å². The first-order valence-electron chi connectivity index (χ1n) is 7.18. The van der Waals surface area contributed by atoms with Crippen LogP contribution in [0.4, 0.5) is 0 Å². The van der Waals surface area contributed by atoms with E-state index in [1.165, 1.54) is 11.3 Å². The van der Waals surface area contributed by atoms with E-state index in [4.69, 9.17) is 0 Å². The van der Waals surface area contributed by atoms with Gasteiger partial charge in [0.05, 0.1) is 4.88 Å². The molecule has 6 heteroatoms. The van der Waals surface area contributed by atoms with Gasteiger partial charge in [0.1, 0.15) is 0 Å². The van der Waals surface area contributed by atoms with Crippen molar-refractivity contribution >= 4 is 28.9 Å². The van der Waals surface area contributed by atoms with Crippen molar-refractivity contribution in [3.63, 3.8) is 0 Å². The number of amides is 2. The summed E-state index contributed by atoms with van der Waals surface area (Å²) in [7, 11) is 0. The van der Waals surface area contributed by atoms with Gasteiger partial charge in [0.15, 0.2) is 5.78 Å². The second-order valence-corrected chi connectivity index (χ2v) is 6.09. The zero-order chi connectivity index (χ0) is 15.2. The van der Waals surface area contributed by atoms with Gasteiger partial charge in [-0.05, 0) is 17.9 Å². The average molecular weight is 308 g/mol. The third-order valence-corrected chi connectivity index (χ3v) is 4.57. The maximum absolute atomic E-state index is 12.2. The first-order chi connectivity index (χ1) is 10.1. The molecule has 1 saturated heterocycles. The number of rotatable bonds is 4. The second kappa shape index (κ2) is 7.36. The van der Waals surface area contributed by atoms with Crippen LogP contribution in [-0.2, 0) is 9.59 Å². The Bertz CT molecular complexity index is 513. The molecule has 0 unspecified atom stereocenters. The fourth-order valence-electron chi connectivity index (χ4n) is 2.42. The van der Waals surface area contributed by atoms with Gasteiger partial charge in [-0.2, -0.15) is 0 Å². The van der Waals surface area contributed by atoms with Gasteiger partial charge in [-0.1, -0.05) is 6.07 Å². The molecular weight excluding hydrogens is 288 g/mol. The van der Waals surface area contributed by atoms with E-state index in [0.29, 0.717) is 31.1 Å². The molecule has 1 aromatic heterocycles. The van der Waals surface area contributed by atoms with Crippen LogP contribution in [0, 0.1) is 0 Å². The minimum Gasteiger partial charge on any atom is -0.341 e. The van der Waals surface area contributed by atoms with Crippen molar-refractivity contribution in [3.8, 4) is 0 Å². The second-order valence-electron chi connectivity index (χ2n) is 5.14. The molecule has 1 aliphatic rings. The normalized spacial score (nSPS) is 15.7. The van der Waals surface area contributed by atoms with E-state index in [0.717, 1.165) is 6.42 Å². The van der Waals surface area contributed by atoms with E-state index in [-0.39, 0.29) is 30.4 Å². The topological polar surface area (TPSA) is 57.7 Å². The smallest absolute Gasteiger partial charge is 0.223 e. The average Bonchev–Trinajstić information content (AvgIpc) is 2.88. The van der Waals surface area contributed by atoms with Crippen LogP contribution < -0.4 is 0 Å². The summed E-state index contributed by atoms with van der Waals surface area (Å²) in [6, 6.07) is 3.62. The van der Waals surface area contributed by atoms with E-state index in [2.05, 4.69) is 0 Å². The van der Waals surface area contributed by atoms with E-state index in [1.807, 2.05) is 11.4 Å². The lowest BCUT2D eigenvalue weighted by Crippen LogP contribution is -2.36. The summed E-state index contributed by atoms with van der Waals surface area (Å²) < 4.78 is 0. The number of carbonyl (C=O) groups excluding carboxylic acids is 3. The van der Waals surface area contributed by atoms with E-state index in [9.17, 15) is 14.4 Å². The molecule has 0 aliphatic carbocycles. The lowest BCUT2D eigenvalue weighted by molar-refractivity contribution is -0.132. The van der Waals surface area contributed by atoms with Crippen LogP contribution in [-0.4, -0.2) is 53.6 Å². The molecule has 2 amide bonds. The molecule has 0 spiro atoms. The molecule has 0 radical (unpaired) electrons. The number of ketones is 1. The predicted molar refractivity (Wildman–Crippen MR) is 81.3 cm³/mol. The van der Waals surface area contributed by atoms with Crippen LogP contribution >= 0.6 is 11.3 Å². The molecule has 1 aliphatic heterocycles. The van der Waals surface area contributed by atoms with Gasteiger partial charge in [0, 0.05) is 45.9 Å². The Morgan fingerprint density at radius 1 is 1.10 bits per heavy atom.